The summed E-state index contributed by atoms with van der Waals surface area (Å²) < 4.78 is 27.4. The molecule has 0 spiro atoms. The van der Waals surface area contributed by atoms with Gasteiger partial charge < -0.3 is 0 Å². The lowest BCUT2D eigenvalue weighted by atomic mass is 10.1. The van der Waals surface area contributed by atoms with E-state index in [-0.39, 0.29) is 11.5 Å². The molecule has 1 heterocycles. The Labute approximate surface area is 114 Å². The molecule has 0 N–H and O–H groups in total. The van der Waals surface area contributed by atoms with Crippen LogP contribution in [-0.2, 0) is 5.75 Å². The Morgan fingerprint density at radius 3 is 2.33 bits per heavy atom. The highest BCUT2D eigenvalue weighted by atomic mass is 32.1. The van der Waals surface area contributed by atoms with Crippen molar-refractivity contribution in [3.05, 3.63) is 40.4 Å². The Morgan fingerprint density at radius 2 is 1.89 bits per heavy atom. The normalized spacial score (nSPS) is 11.2. The van der Waals surface area contributed by atoms with Gasteiger partial charge >= 0.3 is 0 Å². The van der Waals surface area contributed by atoms with Gasteiger partial charge in [-0.25, -0.2) is 13.8 Å². The molecule has 1 aromatic carbocycles. The van der Waals surface area contributed by atoms with Gasteiger partial charge in [-0.1, -0.05) is 19.9 Å². The van der Waals surface area contributed by atoms with Gasteiger partial charge in [-0.05, 0) is 18.1 Å². The van der Waals surface area contributed by atoms with Crippen LogP contribution in [0.3, 0.4) is 0 Å². The van der Waals surface area contributed by atoms with Crippen molar-refractivity contribution in [2.45, 2.75) is 25.5 Å². The summed E-state index contributed by atoms with van der Waals surface area (Å²) in [5.41, 5.74) is 0.824. The third-order valence-electron chi connectivity index (χ3n) is 2.59. The van der Waals surface area contributed by atoms with E-state index >= 15 is 0 Å². The lowest BCUT2D eigenvalue weighted by Crippen LogP contribution is -1.93. The van der Waals surface area contributed by atoms with E-state index in [4.69, 9.17) is 0 Å². The summed E-state index contributed by atoms with van der Waals surface area (Å²) in [6, 6.07) is 3.84. The van der Waals surface area contributed by atoms with Crippen molar-refractivity contribution in [1.82, 2.24) is 4.98 Å². The molecule has 1 nitrogen and oxygen atoms in total. The van der Waals surface area contributed by atoms with E-state index in [1.165, 1.54) is 29.5 Å². The number of aromatic nitrogens is 1. The molecule has 0 radical (unpaired) electrons. The minimum Gasteiger partial charge on any atom is -0.240 e. The molecule has 0 fully saturated rings. The second-order valence-corrected chi connectivity index (χ2v) is 5.64. The maximum absolute atomic E-state index is 13.7. The van der Waals surface area contributed by atoms with E-state index in [9.17, 15) is 8.78 Å². The molecular formula is C13H13F2NS2. The van der Waals surface area contributed by atoms with Gasteiger partial charge in [-0.3, -0.25) is 0 Å². The molecule has 0 unspecified atom stereocenters. The van der Waals surface area contributed by atoms with E-state index in [0.29, 0.717) is 10.8 Å². The minimum absolute atomic E-state index is 0.0440. The molecule has 0 aliphatic carbocycles. The molecule has 0 bridgehead atoms. The van der Waals surface area contributed by atoms with Crippen molar-refractivity contribution >= 4 is 24.0 Å². The van der Waals surface area contributed by atoms with Crippen LogP contribution in [0.4, 0.5) is 8.78 Å². The molecule has 0 atom stereocenters. The zero-order valence-electron chi connectivity index (χ0n) is 10.1. The van der Waals surface area contributed by atoms with E-state index in [1.807, 2.05) is 13.8 Å². The first-order valence-electron chi connectivity index (χ1n) is 5.59. The lowest BCUT2D eigenvalue weighted by Gasteiger charge is -2.02. The summed E-state index contributed by atoms with van der Waals surface area (Å²) in [6.07, 6.45) is 0. The predicted molar refractivity (Wildman–Crippen MR) is 74.2 cm³/mol. The van der Waals surface area contributed by atoms with Gasteiger partial charge in [0.15, 0.2) is 0 Å². The molecule has 0 aliphatic heterocycles. The zero-order chi connectivity index (χ0) is 13.3. The molecule has 2 rings (SSSR count). The largest absolute Gasteiger partial charge is 0.240 e. The first-order valence-corrected chi connectivity index (χ1v) is 7.04. The minimum atomic E-state index is -0.579. The summed E-state index contributed by atoms with van der Waals surface area (Å²) in [5, 5.41) is 0.387. The van der Waals surface area contributed by atoms with Gasteiger partial charge in [0, 0.05) is 10.6 Å². The fourth-order valence-corrected chi connectivity index (χ4v) is 3.22. The lowest BCUT2D eigenvalue weighted by molar-refractivity contribution is 0.589. The Bertz CT molecular complexity index is 544. The van der Waals surface area contributed by atoms with Gasteiger partial charge in [-0.2, -0.15) is 12.6 Å². The monoisotopic (exact) mass is 285 g/mol. The van der Waals surface area contributed by atoms with Crippen LogP contribution in [0.1, 0.15) is 30.3 Å². The van der Waals surface area contributed by atoms with E-state index in [0.717, 1.165) is 10.6 Å². The molecule has 0 amide bonds. The van der Waals surface area contributed by atoms with Crippen LogP contribution >= 0.6 is 24.0 Å². The Morgan fingerprint density at radius 1 is 1.28 bits per heavy atom. The highest BCUT2D eigenvalue weighted by molar-refractivity contribution is 7.79. The Hall–Kier alpha value is -0.940. The van der Waals surface area contributed by atoms with Crippen molar-refractivity contribution < 1.29 is 8.78 Å². The van der Waals surface area contributed by atoms with E-state index in [2.05, 4.69) is 17.6 Å². The van der Waals surface area contributed by atoms with Crippen molar-refractivity contribution in [3.8, 4) is 10.6 Å². The maximum atomic E-state index is 13.7. The number of thiol groups is 1. The van der Waals surface area contributed by atoms with Gasteiger partial charge in [0.1, 0.15) is 16.6 Å². The van der Waals surface area contributed by atoms with Crippen LogP contribution in [-0.4, -0.2) is 4.98 Å². The average molecular weight is 285 g/mol. The van der Waals surface area contributed by atoms with E-state index in [1.54, 1.807) is 0 Å². The van der Waals surface area contributed by atoms with Crippen LogP contribution in [0.2, 0.25) is 0 Å². The Kier molecular flexibility index (Phi) is 4.02. The molecule has 5 heteroatoms. The van der Waals surface area contributed by atoms with Crippen LogP contribution in [0.15, 0.2) is 18.2 Å². The SMILES string of the molecule is CC(C)c1nc(-c2c(F)cccc2F)sc1CS. The fourth-order valence-electron chi connectivity index (χ4n) is 1.74. The maximum Gasteiger partial charge on any atom is 0.136 e. The molecule has 0 saturated heterocycles. The number of hydrogen-bond donors (Lipinski definition) is 1. The number of halogens is 2. The van der Waals surface area contributed by atoms with E-state index < -0.39 is 11.6 Å². The molecule has 96 valence electrons. The summed E-state index contributed by atoms with van der Waals surface area (Å²) in [5.74, 6) is -0.414. The van der Waals surface area contributed by atoms with Gasteiger partial charge in [0.2, 0.25) is 0 Å². The summed E-state index contributed by atoms with van der Waals surface area (Å²) >= 11 is 5.54. The summed E-state index contributed by atoms with van der Waals surface area (Å²) in [4.78, 5) is 5.33. The third kappa shape index (κ3) is 2.42. The molecule has 2 aromatic rings. The van der Waals surface area contributed by atoms with Crippen LogP contribution < -0.4 is 0 Å². The van der Waals surface area contributed by atoms with Crippen LogP contribution in [0, 0.1) is 11.6 Å². The highest BCUT2D eigenvalue weighted by Gasteiger charge is 2.19. The molecule has 18 heavy (non-hydrogen) atoms. The summed E-state index contributed by atoms with van der Waals surface area (Å²) in [6.45, 7) is 4.01. The number of nitrogens with zero attached hydrogens (tertiary/aromatic N) is 1. The van der Waals surface area contributed by atoms with Gasteiger partial charge in [0.25, 0.3) is 0 Å². The topological polar surface area (TPSA) is 12.9 Å². The molecule has 0 aliphatic rings. The zero-order valence-corrected chi connectivity index (χ0v) is 11.8. The van der Waals surface area contributed by atoms with Crippen molar-refractivity contribution in [1.29, 1.82) is 0 Å². The Balaban J connectivity index is 2.58. The highest BCUT2D eigenvalue weighted by Crippen LogP contribution is 2.35. The summed E-state index contributed by atoms with van der Waals surface area (Å²) in [7, 11) is 0. The molecule has 0 saturated carbocycles. The first kappa shape index (κ1) is 13.5. The number of hydrogen-bond acceptors (Lipinski definition) is 3. The van der Waals surface area contributed by atoms with Crippen molar-refractivity contribution in [3.63, 3.8) is 0 Å². The number of benzene rings is 1. The second kappa shape index (κ2) is 5.36. The average Bonchev–Trinajstić information content (AvgIpc) is 2.73. The van der Waals surface area contributed by atoms with Crippen molar-refractivity contribution in [2.75, 3.05) is 0 Å². The number of thiazole rings is 1. The standard InChI is InChI=1S/C13H13F2NS2/c1-7(2)12-10(6-17)18-13(16-12)11-8(14)4-3-5-9(11)15/h3-5,7,17H,6H2,1-2H3. The first-order chi connectivity index (χ1) is 8.54. The quantitative estimate of drug-likeness (QED) is 0.810. The molecular weight excluding hydrogens is 272 g/mol. The third-order valence-corrected chi connectivity index (χ3v) is 4.21. The number of rotatable bonds is 3. The van der Waals surface area contributed by atoms with Crippen LogP contribution in [0.5, 0.6) is 0 Å². The fraction of sp³-hybridized carbons (Fsp3) is 0.308. The smallest absolute Gasteiger partial charge is 0.136 e. The molecule has 1 aromatic heterocycles. The van der Waals surface area contributed by atoms with Crippen LogP contribution in [0.25, 0.3) is 10.6 Å². The van der Waals surface area contributed by atoms with Gasteiger partial charge in [-0.15, -0.1) is 11.3 Å². The predicted octanol–water partition coefficient (Wildman–Crippen LogP) is 4.64. The van der Waals surface area contributed by atoms with Gasteiger partial charge in [0.05, 0.1) is 11.3 Å². The van der Waals surface area contributed by atoms with Crippen molar-refractivity contribution in [2.24, 2.45) is 0 Å². The second-order valence-electron chi connectivity index (χ2n) is 4.24.